The summed E-state index contributed by atoms with van der Waals surface area (Å²) in [4.78, 5) is 29.9. The van der Waals surface area contributed by atoms with Crippen LogP contribution in [0, 0.1) is 6.92 Å². The van der Waals surface area contributed by atoms with E-state index in [0.717, 1.165) is 15.7 Å². The number of halogens is 1. The second kappa shape index (κ2) is 8.76. The third-order valence-electron chi connectivity index (χ3n) is 3.89. The van der Waals surface area contributed by atoms with E-state index in [1.807, 2.05) is 37.3 Å². The van der Waals surface area contributed by atoms with Crippen LogP contribution in [0.1, 0.15) is 28.9 Å². The Kier molecular flexibility index (Phi) is 6.70. The van der Waals surface area contributed by atoms with E-state index < -0.39 is 0 Å². The minimum absolute atomic E-state index is 0.101. The average Bonchev–Trinajstić information content (AvgIpc) is 2.60. The number of pyridine rings is 1. The second-order valence-corrected chi connectivity index (χ2v) is 6.66. The predicted octanol–water partition coefficient (Wildman–Crippen LogP) is 3.84. The minimum atomic E-state index is -0.267. The van der Waals surface area contributed by atoms with E-state index in [4.69, 9.17) is 0 Å². The molecule has 0 radical (unpaired) electrons. The van der Waals surface area contributed by atoms with Gasteiger partial charge in [-0.15, -0.1) is 0 Å². The number of hydrogen-bond donors (Lipinski definition) is 0. The van der Waals surface area contributed by atoms with Gasteiger partial charge in [0.25, 0.3) is 5.91 Å². The number of hydrogen-bond acceptors (Lipinski definition) is 4. The normalized spacial score (nSPS) is 10.4. The van der Waals surface area contributed by atoms with Crippen LogP contribution < -0.4 is 0 Å². The zero-order valence-corrected chi connectivity index (χ0v) is 16.2. The van der Waals surface area contributed by atoms with Crippen molar-refractivity contribution in [3.05, 3.63) is 52.1 Å². The van der Waals surface area contributed by atoms with Crippen LogP contribution in [0.25, 0.3) is 11.3 Å². The van der Waals surface area contributed by atoms with Gasteiger partial charge in [0, 0.05) is 30.0 Å². The third-order valence-corrected chi connectivity index (χ3v) is 4.38. The van der Waals surface area contributed by atoms with Crippen LogP contribution in [0.4, 0.5) is 0 Å². The van der Waals surface area contributed by atoms with Crippen LogP contribution in [0.2, 0.25) is 0 Å². The number of amides is 1. The summed E-state index contributed by atoms with van der Waals surface area (Å²) in [6.45, 7) is 2.32. The Bertz CT molecular complexity index is 777. The van der Waals surface area contributed by atoms with Crippen LogP contribution in [-0.4, -0.2) is 42.5 Å². The fourth-order valence-electron chi connectivity index (χ4n) is 2.47. The van der Waals surface area contributed by atoms with E-state index in [1.54, 1.807) is 18.0 Å². The van der Waals surface area contributed by atoms with Crippen LogP contribution in [0.3, 0.4) is 0 Å². The van der Waals surface area contributed by atoms with Crippen molar-refractivity contribution in [2.75, 3.05) is 20.7 Å². The van der Waals surface area contributed by atoms with Crippen LogP contribution >= 0.6 is 15.9 Å². The van der Waals surface area contributed by atoms with Crippen molar-refractivity contribution in [1.29, 1.82) is 0 Å². The smallest absolute Gasteiger partial charge is 0.305 e. The molecule has 0 aliphatic carbocycles. The van der Waals surface area contributed by atoms with Crippen LogP contribution in [0.5, 0.6) is 0 Å². The van der Waals surface area contributed by atoms with Crippen molar-refractivity contribution in [2.45, 2.75) is 19.8 Å². The molecule has 1 amide bonds. The largest absolute Gasteiger partial charge is 0.469 e. The lowest BCUT2D eigenvalue weighted by Crippen LogP contribution is -2.29. The molecule has 0 aliphatic heterocycles. The van der Waals surface area contributed by atoms with Crippen molar-refractivity contribution < 1.29 is 14.3 Å². The molecule has 1 aromatic heterocycles. The molecule has 132 valence electrons. The maximum atomic E-state index is 12.6. The third kappa shape index (κ3) is 5.13. The molecule has 1 aromatic carbocycles. The highest BCUT2D eigenvalue weighted by Gasteiger charge is 2.16. The number of carbonyl (C=O) groups is 2. The Hall–Kier alpha value is -2.21. The minimum Gasteiger partial charge on any atom is -0.469 e. The molecule has 0 aliphatic rings. The Labute approximate surface area is 156 Å². The molecule has 0 bridgehead atoms. The maximum absolute atomic E-state index is 12.6. The number of benzene rings is 1. The van der Waals surface area contributed by atoms with Gasteiger partial charge in [0.05, 0.1) is 24.1 Å². The van der Waals surface area contributed by atoms with Gasteiger partial charge in [-0.3, -0.25) is 14.6 Å². The SMILES string of the molecule is COC(=O)CCCN(C)C(=O)c1ccc(-c2cccc(Br)c2)nc1C. The first-order chi connectivity index (χ1) is 11.9. The van der Waals surface area contributed by atoms with E-state index >= 15 is 0 Å². The highest BCUT2D eigenvalue weighted by molar-refractivity contribution is 9.10. The summed E-state index contributed by atoms with van der Waals surface area (Å²) in [7, 11) is 3.08. The van der Waals surface area contributed by atoms with Gasteiger partial charge in [-0.25, -0.2) is 0 Å². The predicted molar refractivity (Wildman–Crippen MR) is 100 cm³/mol. The molecule has 0 saturated heterocycles. The van der Waals surface area contributed by atoms with Gasteiger partial charge >= 0.3 is 5.97 Å². The number of aromatic nitrogens is 1. The molecule has 0 saturated carbocycles. The number of aryl methyl sites for hydroxylation is 1. The molecule has 2 aromatic rings. The van der Waals surface area contributed by atoms with E-state index in [1.165, 1.54) is 7.11 Å². The lowest BCUT2D eigenvalue weighted by Gasteiger charge is -2.18. The number of esters is 1. The molecular weight excluding hydrogens is 384 g/mol. The fourth-order valence-corrected chi connectivity index (χ4v) is 2.86. The van der Waals surface area contributed by atoms with Gasteiger partial charge in [0.15, 0.2) is 0 Å². The summed E-state index contributed by atoms with van der Waals surface area (Å²) in [6, 6.07) is 11.5. The lowest BCUT2D eigenvalue weighted by molar-refractivity contribution is -0.140. The summed E-state index contributed by atoms with van der Waals surface area (Å²) in [6.07, 6.45) is 0.866. The average molecular weight is 405 g/mol. The van der Waals surface area contributed by atoms with E-state index in [9.17, 15) is 9.59 Å². The molecule has 25 heavy (non-hydrogen) atoms. The standard InChI is InChI=1S/C19H21BrN2O3/c1-13-16(19(24)22(2)11-5-8-18(23)25-3)9-10-17(21-13)14-6-4-7-15(20)12-14/h4,6-7,9-10,12H,5,8,11H2,1-3H3. The Morgan fingerprint density at radius 2 is 2.00 bits per heavy atom. The number of carbonyl (C=O) groups excluding carboxylic acids is 2. The molecule has 1 heterocycles. The summed E-state index contributed by atoms with van der Waals surface area (Å²) in [5.41, 5.74) is 3.06. The fraction of sp³-hybridized carbons (Fsp3) is 0.316. The van der Waals surface area contributed by atoms with Crippen molar-refractivity contribution in [2.24, 2.45) is 0 Å². The van der Waals surface area contributed by atoms with Gasteiger partial charge in [0.1, 0.15) is 0 Å². The highest BCUT2D eigenvalue weighted by Crippen LogP contribution is 2.23. The Morgan fingerprint density at radius 3 is 2.64 bits per heavy atom. The summed E-state index contributed by atoms with van der Waals surface area (Å²) in [5, 5.41) is 0. The molecule has 2 rings (SSSR count). The molecule has 6 heteroatoms. The van der Waals surface area contributed by atoms with Crippen molar-refractivity contribution >= 4 is 27.8 Å². The van der Waals surface area contributed by atoms with Gasteiger partial charge < -0.3 is 9.64 Å². The summed E-state index contributed by atoms with van der Waals surface area (Å²) in [5.74, 6) is -0.368. The first kappa shape index (κ1) is 19.1. The zero-order valence-electron chi connectivity index (χ0n) is 14.6. The van der Waals surface area contributed by atoms with E-state index in [2.05, 4.69) is 25.7 Å². The molecule has 0 atom stereocenters. The number of rotatable bonds is 6. The summed E-state index contributed by atoms with van der Waals surface area (Å²) >= 11 is 3.45. The zero-order chi connectivity index (χ0) is 18.4. The Balaban J connectivity index is 2.09. The molecule has 5 nitrogen and oxygen atoms in total. The van der Waals surface area contributed by atoms with Crippen LogP contribution in [0.15, 0.2) is 40.9 Å². The quantitative estimate of drug-likeness (QED) is 0.686. The molecule has 0 unspecified atom stereocenters. The molecule has 0 spiro atoms. The number of nitrogens with zero attached hydrogens (tertiary/aromatic N) is 2. The van der Waals surface area contributed by atoms with Crippen LogP contribution in [-0.2, 0) is 9.53 Å². The number of methoxy groups -OCH3 is 1. The highest BCUT2D eigenvalue weighted by atomic mass is 79.9. The van der Waals surface area contributed by atoms with Gasteiger partial charge in [-0.05, 0) is 37.6 Å². The van der Waals surface area contributed by atoms with Crippen molar-refractivity contribution in [1.82, 2.24) is 9.88 Å². The van der Waals surface area contributed by atoms with Gasteiger partial charge in [-0.1, -0.05) is 28.1 Å². The first-order valence-corrected chi connectivity index (χ1v) is 8.77. The monoisotopic (exact) mass is 404 g/mol. The van der Waals surface area contributed by atoms with Crippen molar-refractivity contribution in [3.8, 4) is 11.3 Å². The Morgan fingerprint density at radius 1 is 1.24 bits per heavy atom. The van der Waals surface area contributed by atoms with Gasteiger partial charge in [0.2, 0.25) is 0 Å². The molecule has 0 fully saturated rings. The molecular formula is C19H21BrN2O3. The van der Waals surface area contributed by atoms with Gasteiger partial charge in [-0.2, -0.15) is 0 Å². The van der Waals surface area contributed by atoms with Crippen molar-refractivity contribution in [3.63, 3.8) is 0 Å². The topological polar surface area (TPSA) is 59.5 Å². The lowest BCUT2D eigenvalue weighted by atomic mass is 10.1. The van der Waals surface area contributed by atoms with E-state index in [-0.39, 0.29) is 11.9 Å². The second-order valence-electron chi connectivity index (χ2n) is 5.75. The maximum Gasteiger partial charge on any atom is 0.305 e. The first-order valence-electron chi connectivity index (χ1n) is 7.98. The molecule has 0 N–H and O–H groups in total. The number of ether oxygens (including phenoxy) is 1. The van der Waals surface area contributed by atoms with E-state index in [0.29, 0.717) is 30.6 Å². The summed E-state index contributed by atoms with van der Waals surface area (Å²) < 4.78 is 5.59.